The van der Waals surface area contributed by atoms with Crippen LogP contribution in [0.25, 0.3) is 0 Å². The summed E-state index contributed by atoms with van der Waals surface area (Å²) >= 11 is 0. The van der Waals surface area contributed by atoms with Gasteiger partial charge in [-0.05, 0) is 11.8 Å². The van der Waals surface area contributed by atoms with Gasteiger partial charge in [-0.15, -0.1) is 0 Å². The van der Waals surface area contributed by atoms with Crippen LogP contribution < -0.4 is 0 Å². The molecule has 4 heteroatoms. The van der Waals surface area contributed by atoms with Gasteiger partial charge in [-0.1, -0.05) is 20.8 Å². The Morgan fingerprint density at radius 2 is 1.58 bits per heavy atom. The van der Waals surface area contributed by atoms with Gasteiger partial charge < -0.3 is 5.11 Å². The first-order valence-corrected chi connectivity index (χ1v) is 3.88. The molecule has 12 heavy (non-hydrogen) atoms. The molecule has 0 saturated carbocycles. The lowest BCUT2D eigenvalue weighted by atomic mass is 9.86. The fourth-order valence-corrected chi connectivity index (χ4v) is 0.733. The van der Waals surface area contributed by atoms with Crippen molar-refractivity contribution in [2.75, 3.05) is 0 Å². The van der Waals surface area contributed by atoms with Gasteiger partial charge in [0.2, 0.25) is 0 Å². The zero-order valence-corrected chi connectivity index (χ0v) is 7.57. The zero-order chi connectivity index (χ0) is 9.99. The van der Waals surface area contributed by atoms with E-state index in [9.17, 15) is 18.3 Å². The number of aliphatic hydroxyl groups is 1. The van der Waals surface area contributed by atoms with Crippen LogP contribution in [0.5, 0.6) is 0 Å². The monoisotopic (exact) mass is 184 g/mol. The molecule has 0 aliphatic heterocycles. The molecular formula is C8H15F3O. The first-order chi connectivity index (χ1) is 5.13. The van der Waals surface area contributed by atoms with Crippen LogP contribution in [0.1, 0.15) is 33.6 Å². The van der Waals surface area contributed by atoms with Crippen LogP contribution >= 0.6 is 0 Å². The van der Waals surface area contributed by atoms with E-state index < -0.39 is 24.1 Å². The van der Waals surface area contributed by atoms with E-state index in [0.29, 0.717) is 0 Å². The summed E-state index contributed by atoms with van der Waals surface area (Å²) in [5.74, 6) is 0. The van der Waals surface area contributed by atoms with Crippen molar-refractivity contribution in [1.29, 1.82) is 0 Å². The SMILES string of the molecule is CC(C)(C)C(O)CCC(F)(F)F. The lowest BCUT2D eigenvalue weighted by Crippen LogP contribution is -2.27. The zero-order valence-electron chi connectivity index (χ0n) is 7.57. The van der Waals surface area contributed by atoms with E-state index in [1.165, 1.54) is 0 Å². The average Bonchev–Trinajstić information content (AvgIpc) is 1.78. The summed E-state index contributed by atoms with van der Waals surface area (Å²) in [6.45, 7) is 5.15. The molecule has 0 fully saturated rings. The molecule has 1 unspecified atom stereocenters. The summed E-state index contributed by atoms with van der Waals surface area (Å²) in [7, 11) is 0. The Kier molecular flexibility index (Phi) is 3.57. The molecule has 0 rings (SSSR count). The standard InChI is InChI=1S/C8H15F3O/c1-7(2,3)6(12)4-5-8(9,10)11/h6,12H,4-5H2,1-3H3. The van der Waals surface area contributed by atoms with E-state index >= 15 is 0 Å². The van der Waals surface area contributed by atoms with Gasteiger partial charge >= 0.3 is 6.18 Å². The van der Waals surface area contributed by atoms with Gasteiger partial charge in [0.05, 0.1) is 6.10 Å². The second-order valence-corrected chi connectivity index (χ2v) is 4.04. The van der Waals surface area contributed by atoms with Crippen LogP contribution in [0.4, 0.5) is 13.2 Å². The molecular weight excluding hydrogens is 169 g/mol. The third kappa shape index (κ3) is 5.41. The number of aliphatic hydroxyl groups excluding tert-OH is 1. The summed E-state index contributed by atoms with van der Waals surface area (Å²) in [6.07, 6.45) is -6.18. The van der Waals surface area contributed by atoms with Crippen molar-refractivity contribution in [2.45, 2.75) is 45.9 Å². The van der Waals surface area contributed by atoms with Crippen molar-refractivity contribution in [3.05, 3.63) is 0 Å². The number of alkyl halides is 3. The maximum atomic E-state index is 11.7. The Morgan fingerprint density at radius 1 is 1.17 bits per heavy atom. The maximum absolute atomic E-state index is 11.7. The molecule has 0 aliphatic carbocycles. The van der Waals surface area contributed by atoms with Gasteiger partial charge in [0, 0.05) is 6.42 Å². The molecule has 0 aromatic heterocycles. The van der Waals surface area contributed by atoms with E-state index in [4.69, 9.17) is 0 Å². The van der Waals surface area contributed by atoms with Gasteiger partial charge in [-0.3, -0.25) is 0 Å². The third-order valence-electron chi connectivity index (χ3n) is 1.70. The van der Waals surface area contributed by atoms with E-state index in [1.54, 1.807) is 20.8 Å². The normalized spacial score (nSPS) is 16.2. The summed E-state index contributed by atoms with van der Waals surface area (Å²) in [5, 5.41) is 9.25. The topological polar surface area (TPSA) is 20.2 Å². The Balaban J connectivity index is 3.80. The lowest BCUT2D eigenvalue weighted by Gasteiger charge is -2.25. The maximum Gasteiger partial charge on any atom is 0.389 e. The highest BCUT2D eigenvalue weighted by Crippen LogP contribution is 2.28. The minimum Gasteiger partial charge on any atom is -0.393 e. The average molecular weight is 184 g/mol. The van der Waals surface area contributed by atoms with Gasteiger partial charge in [0.1, 0.15) is 0 Å². The van der Waals surface area contributed by atoms with E-state index in [1.807, 2.05) is 0 Å². The van der Waals surface area contributed by atoms with Crippen molar-refractivity contribution in [2.24, 2.45) is 5.41 Å². The second-order valence-electron chi connectivity index (χ2n) is 4.04. The lowest BCUT2D eigenvalue weighted by molar-refractivity contribution is -0.143. The van der Waals surface area contributed by atoms with Gasteiger partial charge in [0.25, 0.3) is 0 Å². The minimum absolute atomic E-state index is 0.215. The van der Waals surface area contributed by atoms with Crippen LogP contribution in [0.15, 0.2) is 0 Å². The number of hydrogen-bond acceptors (Lipinski definition) is 1. The molecule has 0 amide bonds. The van der Waals surface area contributed by atoms with Crippen molar-refractivity contribution < 1.29 is 18.3 Å². The molecule has 1 atom stereocenters. The van der Waals surface area contributed by atoms with Gasteiger partial charge in [0.15, 0.2) is 0 Å². The van der Waals surface area contributed by atoms with E-state index in [-0.39, 0.29) is 6.42 Å². The first kappa shape index (κ1) is 11.8. The molecule has 0 spiro atoms. The van der Waals surface area contributed by atoms with Crippen molar-refractivity contribution >= 4 is 0 Å². The number of hydrogen-bond donors (Lipinski definition) is 1. The van der Waals surface area contributed by atoms with Crippen LogP contribution in [0.3, 0.4) is 0 Å². The van der Waals surface area contributed by atoms with Crippen LogP contribution in [0.2, 0.25) is 0 Å². The van der Waals surface area contributed by atoms with E-state index in [0.717, 1.165) is 0 Å². The minimum atomic E-state index is -4.16. The van der Waals surface area contributed by atoms with E-state index in [2.05, 4.69) is 0 Å². The largest absolute Gasteiger partial charge is 0.393 e. The molecule has 0 radical (unpaired) electrons. The first-order valence-electron chi connectivity index (χ1n) is 3.88. The molecule has 1 nitrogen and oxygen atoms in total. The fraction of sp³-hybridized carbons (Fsp3) is 1.00. The highest BCUT2D eigenvalue weighted by atomic mass is 19.4. The van der Waals surface area contributed by atoms with Crippen LogP contribution in [-0.4, -0.2) is 17.4 Å². The fourth-order valence-electron chi connectivity index (χ4n) is 0.733. The smallest absolute Gasteiger partial charge is 0.389 e. The molecule has 0 saturated heterocycles. The highest BCUT2D eigenvalue weighted by Gasteiger charge is 2.31. The highest BCUT2D eigenvalue weighted by molar-refractivity contribution is 4.73. The molecule has 0 aliphatic rings. The molecule has 0 heterocycles. The Bertz CT molecular complexity index is 134. The third-order valence-corrected chi connectivity index (χ3v) is 1.70. The second kappa shape index (κ2) is 3.64. The number of halogens is 3. The van der Waals surface area contributed by atoms with Gasteiger partial charge in [-0.25, -0.2) is 0 Å². The summed E-state index contributed by atoms with van der Waals surface area (Å²) in [4.78, 5) is 0. The summed E-state index contributed by atoms with van der Waals surface area (Å²) < 4.78 is 35.1. The molecule has 0 aromatic rings. The van der Waals surface area contributed by atoms with Crippen molar-refractivity contribution in [1.82, 2.24) is 0 Å². The Labute approximate surface area is 70.6 Å². The van der Waals surface area contributed by atoms with Crippen molar-refractivity contribution in [3.63, 3.8) is 0 Å². The molecule has 1 N–H and O–H groups in total. The summed E-state index contributed by atoms with van der Waals surface area (Å²) in [5.41, 5.74) is -0.467. The number of rotatable bonds is 2. The molecule has 74 valence electrons. The van der Waals surface area contributed by atoms with Crippen LogP contribution in [-0.2, 0) is 0 Å². The Morgan fingerprint density at radius 3 is 1.83 bits per heavy atom. The Hall–Kier alpha value is -0.250. The van der Waals surface area contributed by atoms with Crippen LogP contribution in [0, 0.1) is 5.41 Å². The predicted octanol–water partition coefficient (Wildman–Crippen LogP) is 2.74. The van der Waals surface area contributed by atoms with Gasteiger partial charge in [-0.2, -0.15) is 13.2 Å². The molecule has 0 bridgehead atoms. The summed E-state index contributed by atoms with van der Waals surface area (Å²) in [6, 6.07) is 0. The quantitative estimate of drug-likeness (QED) is 0.699. The predicted molar refractivity (Wildman–Crippen MR) is 40.8 cm³/mol. The van der Waals surface area contributed by atoms with Crippen molar-refractivity contribution in [3.8, 4) is 0 Å². The molecule has 0 aromatic carbocycles.